The highest BCUT2D eigenvalue weighted by molar-refractivity contribution is 6.31. The molecule has 19 heavy (non-hydrogen) atoms. The number of hydrogen-bond donors (Lipinski definition) is 1. The first kappa shape index (κ1) is 14.0. The lowest BCUT2D eigenvalue weighted by atomic mass is 10.0. The normalized spacial score (nSPS) is 10.7. The molecule has 1 heterocycles. The topological polar surface area (TPSA) is 24.9 Å². The van der Waals surface area contributed by atoms with Crippen molar-refractivity contribution >= 4 is 11.6 Å². The van der Waals surface area contributed by atoms with Crippen molar-refractivity contribution in [3.63, 3.8) is 0 Å². The average Bonchev–Trinajstić information content (AvgIpc) is 2.43. The van der Waals surface area contributed by atoms with Crippen molar-refractivity contribution < 1.29 is 0 Å². The van der Waals surface area contributed by atoms with Crippen molar-refractivity contribution in [1.29, 1.82) is 0 Å². The van der Waals surface area contributed by atoms with E-state index in [9.17, 15) is 0 Å². The van der Waals surface area contributed by atoms with Gasteiger partial charge in [0.2, 0.25) is 0 Å². The number of halogens is 1. The van der Waals surface area contributed by atoms with E-state index in [1.807, 2.05) is 31.5 Å². The van der Waals surface area contributed by atoms with Crippen LogP contribution in [0.4, 0.5) is 0 Å². The minimum absolute atomic E-state index is 0.798. The number of rotatable bonds is 5. The van der Waals surface area contributed by atoms with Crippen molar-refractivity contribution in [1.82, 2.24) is 10.3 Å². The standard InChI is InChI=1S/C16H19ClN2/c1-3-6-18-9-13-7-15(11-19-10-13)14-5-4-12(2)16(17)8-14/h4-5,7-8,10-11,18H,3,6,9H2,1-2H3. The van der Waals surface area contributed by atoms with E-state index in [0.29, 0.717) is 0 Å². The van der Waals surface area contributed by atoms with Crippen molar-refractivity contribution in [3.05, 3.63) is 52.8 Å². The number of nitrogens with one attached hydrogen (secondary N) is 1. The third-order valence-corrected chi connectivity index (χ3v) is 3.46. The number of pyridine rings is 1. The van der Waals surface area contributed by atoms with E-state index < -0.39 is 0 Å². The third-order valence-electron chi connectivity index (χ3n) is 3.06. The van der Waals surface area contributed by atoms with E-state index >= 15 is 0 Å². The lowest BCUT2D eigenvalue weighted by molar-refractivity contribution is 0.674. The Morgan fingerprint density at radius 2 is 2.00 bits per heavy atom. The Kier molecular flexibility index (Phi) is 4.94. The van der Waals surface area contributed by atoms with Gasteiger partial charge < -0.3 is 5.32 Å². The number of benzene rings is 1. The van der Waals surface area contributed by atoms with Crippen LogP contribution in [0.3, 0.4) is 0 Å². The van der Waals surface area contributed by atoms with Crippen LogP contribution in [0.15, 0.2) is 36.7 Å². The summed E-state index contributed by atoms with van der Waals surface area (Å²) in [6, 6.07) is 8.29. The van der Waals surface area contributed by atoms with Gasteiger partial charge >= 0.3 is 0 Å². The zero-order valence-corrected chi connectivity index (χ0v) is 12.2. The van der Waals surface area contributed by atoms with Gasteiger partial charge in [0.15, 0.2) is 0 Å². The van der Waals surface area contributed by atoms with Crippen LogP contribution in [0, 0.1) is 6.92 Å². The summed E-state index contributed by atoms with van der Waals surface area (Å²) in [4.78, 5) is 4.31. The van der Waals surface area contributed by atoms with Crippen LogP contribution in [0.2, 0.25) is 5.02 Å². The molecule has 0 aliphatic heterocycles. The monoisotopic (exact) mass is 274 g/mol. The maximum atomic E-state index is 6.17. The first-order chi connectivity index (χ1) is 9.20. The minimum atomic E-state index is 0.798. The van der Waals surface area contributed by atoms with Crippen LogP contribution in [0.1, 0.15) is 24.5 Å². The molecule has 0 aliphatic rings. The predicted molar refractivity (Wildman–Crippen MR) is 81.4 cm³/mol. The van der Waals surface area contributed by atoms with Crippen LogP contribution in [-0.2, 0) is 6.54 Å². The van der Waals surface area contributed by atoms with Crippen molar-refractivity contribution in [2.75, 3.05) is 6.54 Å². The Morgan fingerprint density at radius 3 is 2.74 bits per heavy atom. The summed E-state index contributed by atoms with van der Waals surface area (Å²) in [5.74, 6) is 0. The quantitative estimate of drug-likeness (QED) is 0.826. The molecule has 0 radical (unpaired) electrons. The van der Waals surface area contributed by atoms with Crippen molar-refractivity contribution in [2.45, 2.75) is 26.8 Å². The number of aryl methyl sites for hydroxylation is 1. The van der Waals surface area contributed by atoms with Gasteiger partial charge in [0.1, 0.15) is 0 Å². The maximum Gasteiger partial charge on any atom is 0.0441 e. The number of aromatic nitrogens is 1. The van der Waals surface area contributed by atoms with Crippen LogP contribution >= 0.6 is 11.6 Å². The first-order valence-corrected chi connectivity index (χ1v) is 6.99. The van der Waals surface area contributed by atoms with Crippen molar-refractivity contribution in [2.24, 2.45) is 0 Å². The fourth-order valence-electron chi connectivity index (χ4n) is 1.92. The van der Waals surface area contributed by atoms with Gasteiger partial charge in [0.05, 0.1) is 0 Å². The molecule has 3 heteroatoms. The molecule has 0 fully saturated rings. The van der Waals surface area contributed by atoms with Gasteiger partial charge in [0, 0.05) is 29.5 Å². The summed E-state index contributed by atoms with van der Waals surface area (Å²) in [6.45, 7) is 6.06. The van der Waals surface area contributed by atoms with E-state index in [1.54, 1.807) is 0 Å². The maximum absolute atomic E-state index is 6.17. The molecule has 100 valence electrons. The van der Waals surface area contributed by atoms with Crippen LogP contribution < -0.4 is 5.32 Å². The Labute approximate surface area is 119 Å². The molecule has 1 N–H and O–H groups in total. The van der Waals surface area contributed by atoms with E-state index in [2.05, 4.69) is 29.4 Å². The molecule has 0 aliphatic carbocycles. The van der Waals surface area contributed by atoms with E-state index in [-0.39, 0.29) is 0 Å². The summed E-state index contributed by atoms with van der Waals surface area (Å²) in [6.07, 6.45) is 4.92. The van der Waals surface area contributed by atoms with Gasteiger partial charge in [-0.15, -0.1) is 0 Å². The Hall–Kier alpha value is -1.38. The van der Waals surface area contributed by atoms with Crippen molar-refractivity contribution in [3.8, 4) is 11.1 Å². The second-order valence-electron chi connectivity index (χ2n) is 4.72. The molecule has 0 saturated carbocycles. The molecular weight excluding hydrogens is 256 g/mol. The molecule has 1 aromatic carbocycles. The molecule has 0 atom stereocenters. The fourth-order valence-corrected chi connectivity index (χ4v) is 2.10. The van der Waals surface area contributed by atoms with Gasteiger partial charge in [0.25, 0.3) is 0 Å². The number of hydrogen-bond acceptors (Lipinski definition) is 2. The molecule has 0 spiro atoms. The van der Waals surface area contributed by atoms with Gasteiger partial charge in [-0.3, -0.25) is 4.98 Å². The van der Waals surface area contributed by atoms with E-state index in [1.165, 1.54) is 5.56 Å². The summed E-state index contributed by atoms with van der Waals surface area (Å²) in [7, 11) is 0. The van der Waals surface area contributed by atoms with Crippen LogP contribution in [0.25, 0.3) is 11.1 Å². The molecule has 0 amide bonds. The molecule has 2 aromatic rings. The highest BCUT2D eigenvalue weighted by Gasteiger charge is 2.03. The largest absolute Gasteiger partial charge is 0.313 e. The summed E-state index contributed by atoms with van der Waals surface area (Å²) >= 11 is 6.17. The van der Waals surface area contributed by atoms with Crippen LogP contribution in [-0.4, -0.2) is 11.5 Å². The van der Waals surface area contributed by atoms with Crippen LogP contribution in [0.5, 0.6) is 0 Å². The molecule has 0 saturated heterocycles. The third kappa shape index (κ3) is 3.79. The van der Waals surface area contributed by atoms with E-state index in [0.717, 1.165) is 41.2 Å². The van der Waals surface area contributed by atoms with Gasteiger partial charge in [-0.1, -0.05) is 30.7 Å². The van der Waals surface area contributed by atoms with Gasteiger partial charge in [-0.25, -0.2) is 0 Å². The molecule has 2 nitrogen and oxygen atoms in total. The summed E-state index contributed by atoms with van der Waals surface area (Å²) < 4.78 is 0. The Morgan fingerprint density at radius 1 is 1.16 bits per heavy atom. The minimum Gasteiger partial charge on any atom is -0.313 e. The van der Waals surface area contributed by atoms with E-state index in [4.69, 9.17) is 11.6 Å². The molecule has 0 unspecified atom stereocenters. The predicted octanol–water partition coefficient (Wildman–Crippen LogP) is 4.21. The van der Waals surface area contributed by atoms with Gasteiger partial charge in [-0.05, 0) is 48.7 Å². The molecular formula is C16H19ClN2. The smallest absolute Gasteiger partial charge is 0.0441 e. The van der Waals surface area contributed by atoms with Gasteiger partial charge in [-0.2, -0.15) is 0 Å². The Balaban J connectivity index is 2.19. The zero-order valence-electron chi connectivity index (χ0n) is 11.4. The average molecular weight is 275 g/mol. The number of nitrogens with zero attached hydrogens (tertiary/aromatic N) is 1. The SMILES string of the molecule is CCCNCc1cncc(-c2ccc(C)c(Cl)c2)c1. The molecule has 0 bridgehead atoms. The summed E-state index contributed by atoms with van der Waals surface area (Å²) in [5.41, 5.74) is 4.51. The summed E-state index contributed by atoms with van der Waals surface area (Å²) in [5, 5.41) is 4.18. The Bertz CT molecular complexity index is 552. The lowest BCUT2D eigenvalue weighted by Crippen LogP contribution is -2.13. The molecule has 2 rings (SSSR count). The fraction of sp³-hybridized carbons (Fsp3) is 0.312. The highest BCUT2D eigenvalue weighted by atomic mass is 35.5. The zero-order chi connectivity index (χ0) is 13.7. The highest BCUT2D eigenvalue weighted by Crippen LogP contribution is 2.25. The second-order valence-corrected chi connectivity index (χ2v) is 5.13. The second kappa shape index (κ2) is 6.69. The lowest BCUT2D eigenvalue weighted by Gasteiger charge is -2.07. The molecule has 1 aromatic heterocycles. The first-order valence-electron chi connectivity index (χ1n) is 6.62.